The Kier molecular flexibility index (Phi) is 5.09. The van der Waals surface area contributed by atoms with Gasteiger partial charge >= 0.3 is 0 Å². The van der Waals surface area contributed by atoms with E-state index >= 15 is 0 Å². The molecular weight excluding hydrogens is 321 g/mol. The number of hydrogen-bond donors (Lipinski definition) is 1. The number of halogens is 2. The highest BCUT2D eigenvalue weighted by Gasteiger charge is 2.13. The SMILES string of the molecule is Cc1cnc(N(CCCN)c2ccc(F)cc2)c(Br)c1. The summed E-state index contributed by atoms with van der Waals surface area (Å²) in [6.07, 6.45) is 2.65. The zero-order chi connectivity index (χ0) is 14.5. The van der Waals surface area contributed by atoms with E-state index < -0.39 is 0 Å². The van der Waals surface area contributed by atoms with E-state index in [0.717, 1.165) is 34.5 Å². The van der Waals surface area contributed by atoms with Crippen molar-refractivity contribution in [3.8, 4) is 0 Å². The van der Waals surface area contributed by atoms with Gasteiger partial charge in [-0.25, -0.2) is 9.37 Å². The predicted molar refractivity (Wildman–Crippen MR) is 83.8 cm³/mol. The fourth-order valence-electron chi connectivity index (χ4n) is 1.95. The van der Waals surface area contributed by atoms with Gasteiger partial charge in [0.2, 0.25) is 0 Å². The monoisotopic (exact) mass is 337 g/mol. The van der Waals surface area contributed by atoms with Crippen molar-refractivity contribution in [3.05, 3.63) is 52.4 Å². The lowest BCUT2D eigenvalue weighted by Gasteiger charge is -2.25. The van der Waals surface area contributed by atoms with Crippen molar-refractivity contribution in [2.24, 2.45) is 5.73 Å². The van der Waals surface area contributed by atoms with Crippen LogP contribution in [-0.4, -0.2) is 18.1 Å². The molecule has 2 rings (SSSR count). The quantitative estimate of drug-likeness (QED) is 0.902. The summed E-state index contributed by atoms with van der Waals surface area (Å²) in [6.45, 7) is 3.32. The van der Waals surface area contributed by atoms with Crippen LogP contribution in [0, 0.1) is 12.7 Å². The summed E-state index contributed by atoms with van der Waals surface area (Å²) in [5.74, 6) is 0.569. The van der Waals surface area contributed by atoms with Crippen molar-refractivity contribution < 1.29 is 4.39 Å². The van der Waals surface area contributed by atoms with Gasteiger partial charge in [-0.2, -0.15) is 0 Å². The van der Waals surface area contributed by atoms with Crippen LogP contribution in [0.1, 0.15) is 12.0 Å². The van der Waals surface area contributed by atoms with Gasteiger partial charge in [0.1, 0.15) is 11.6 Å². The first kappa shape index (κ1) is 14.9. The Morgan fingerprint density at radius 3 is 2.60 bits per heavy atom. The van der Waals surface area contributed by atoms with E-state index in [0.29, 0.717) is 6.54 Å². The molecule has 0 amide bonds. The Labute approximate surface area is 126 Å². The summed E-state index contributed by atoms with van der Waals surface area (Å²) in [5.41, 5.74) is 7.58. The van der Waals surface area contributed by atoms with Crippen molar-refractivity contribution in [3.63, 3.8) is 0 Å². The molecule has 2 N–H and O–H groups in total. The zero-order valence-electron chi connectivity index (χ0n) is 11.3. The second-order valence-electron chi connectivity index (χ2n) is 4.59. The smallest absolute Gasteiger partial charge is 0.147 e. The fraction of sp³-hybridized carbons (Fsp3) is 0.267. The maximum absolute atomic E-state index is 13.1. The topological polar surface area (TPSA) is 42.2 Å². The highest BCUT2D eigenvalue weighted by atomic mass is 79.9. The van der Waals surface area contributed by atoms with Crippen LogP contribution in [-0.2, 0) is 0 Å². The zero-order valence-corrected chi connectivity index (χ0v) is 12.9. The van der Waals surface area contributed by atoms with Crippen LogP contribution in [0.25, 0.3) is 0 Å². The maximum Gasteiger partial charge on any atom is 0.147 e. The first-order valence-corrected chi connectivity index (χ1v) is 7.26. The molecule has 0 atom stereocenters. The minimum Gasteiger partial charge on any atom is -0.330 e. The fourth-order valence-corrected chi connectivity index (χ4v) is 2.63. The van der Waals surface area contributed by atoms with Crippen molar-refractivity contribution in [1.29, 1.82) is 0 Å². The Balaban J connectivity index is 2.38. The van der Waals surface area contributed by atoms with E-state index in [1.807, 2.05) is 24.1 Å². The number of nitrogens with two attached hydrogens (primary N) is 1. The Morgan fingerprint density at radius 1 is 1.30 bits per heavy atom. The van der Waals surface area contributed by atoms with Crippen LogP contribution in [0.2, 0.25) is 0 Å². The predicted octanol–water partition coefficient (Wildman–Crippen LogP) is 3.78. The lowest BCUT2D eigenvalue weighted by atomic mass is 10.2. The van der Waals surface area contributed by atoms with Crippen LogP contribution in [0.3, 0.4) is 0 Å². The van der Waals surface area contributed by atoms with Crippen molar-refractivity contribution in [2.45, 2.75) is 13.3 Å². The Hall–Kier alpha value is -1.46. The van der Waals surface area contributed by atoms with E-state index in [9.17, 15) is 4.39 Å². The highest BCUT2D eigenvalue weighted by molar-refractivity contribution is 9.10. The third kappa shape index (κ3) is 3.55. The molecule has 106 valence electrons. The molecule has 0 radical (unpaired) electrons. The number of aromatic nitrogens is 1. The minimum absolute atomic E-state index is 0.247. The molecule has 0 spiro atoms. The van der Waals surface area contributed by atoms with E-state index in [4.69, 9.17) is 5.73 Å². The molecule has 2 aromatic rings. The molecule has 0 unspecified atom stereocenters. The highest BCUT2D eigenvalue weighted by Crippen LogP contribution is 2.30. The minimum atomic E-state index is -0.247. The molecule has 1 aromatic heterocycles. The van der Waals surface area contributed by atoms with Gasteiger partial charge in [0.15, 0.2) is 0 Å². The molecule has 0 aliphatic rings. The number of aryl methyl sites for hydroxylation is 1. The summed E-state index contributed by atoms with van der Waals surface area (Å²) >= 11 is 3.54. The molecule has 0 aliphatic heterocycles. The normalized spacial score (nSPS) is 10.6. The largest absolute Gasteiger partial charge is 0.330 e. The van der Waals surface area contributed by atoms with Crippen molar-refractivity contribution in [1.82, 2.24) is 4.98 Å². The number of nitrogens with zero attached hydrogens (tertiary/aromatic N) is 2. The van der Waals surface area contributed by atoms with Gasteiger partial charge < -0.3 is 10.6 Å². The Morgan fingerprint density at radius 2 is 2.00 bits per heavy atom. The van der Waals surface area contributed by atoms with Gasteiger partial charge in [-0.3, -0.25) is 0 Å². The third-order valence-electron chi connectivity index (χ3n) is 2.94. The van der Waals surface area contributed by atoms with Gasteiger partial charge in [-0.1, -0.05) is 0 Å². The molecular formula is C15H17BrFN3. The van der Waals surface area contributed by atoms with Crippen LogP contribution in [0.5, 0.6) is 0 Å². The van der Waals surface area contributed by atoms with Gasteiger partial charge in [0.05, 0.1) is 4.47 Å². The summed E-state index contributed by atoms with van der Waals surface area (Å²) in [4.78, 5) is 6.51. The molecule has 1 heterocycles. The van der Waals surface area contributed by atoms with E-state index in [2.05, 4.69) is 20.9 Å². The second-order valence-corrected chi connectivity index (χ2v) is 5.44. The average Bonchev–Trinajstić information content (AvgIpc) is 2.42. The Bertz CT molecular complexity index is 572. The molecule has 0 saturated carbocycles. The number of anilines is 2. The van der Waals surface area contributed by atoms with Crippen molar-refractivity contribution >= 4 is 27.4 Å². The number of benzene rings is 1. The molecule has 0 aliphatic carbocycles. The lowest BCUT2D eigenvalue weighted by Crippen LogP contribution is -2.22. The summed E-state index contributed by atoms with van der Waals surface area (Å²) < 4.78 is 14.0. The van der Waals surface area contributed by atoms with Crippen LogP contribution in [0.4, 0.5) is 15.9 Å². The lowest BCUT2D eigenvalue weighted by molar-refractivity contribution is 0.627. The van der Waals surface area contributed by atoms with Gasteiger partial charge in [0, 0.05) is 18.4 Å². The van der Waals surface area contributed by atoms with Gasteiger partial charge in [0.25, 0.3) is 0 Å². The van der Waals surface area contributed by atoms with Gasteiger partial charge in [-0.05, 0) is 71.7 Å². The van der Waals surface area contributed by atoms with Crippen LogP contribution >= 0.6 is 15.9 Å². The maximum atomic E-state index is 13.1. The summed E-state index contributed by atoms with van der Waals surface area (Å²) in [6, 6.07) is 8.42. The van der Waals surface area contributed by atoms with E-state index in [1.165, 1.54) is 12.1 Å². The molecule has 5 heteroatoms. The summed E-state index contributed by atoms with van der Waals surface area (Å²) in [5, 5.41) is 0. The molecule has 0 saturated heterocycles. The molecule has 20 heavy (non-hydrogen) atoms. The van der Waals surface area contributed by atoms with Gasteiger partial charge in [-0.15, -0.1) is 0 Å². The number of pyridine rings is 1. The van der Waals surface area contributed by atoms with Crippen molar-refractivity contribution in [2.75, 3.05) is 18.0 Å². The second kappa shape index (κ2) is 6.81. The standard InChI is InChI=1S/C15H17BrFN3/c1-11-9-14(16)15(19-10-11)20(8-2-7-18)13-5-3-12(17)4-6-13/h3-6,9-10H,2,7-8,18H2,1H3. The van der Waals surface area contributed by atoms with E-state index in [1.54, 1.807) is 12.1 Å². The first-order valence-electron chi connectivity index (χ1n) is 6.47. The number of rotatable bonds is 5. The van der Waals surface area contributed by atoms with E-state index in [-0.39, 0.29) is 5.82 Å². The molecule has 0 fully saturated rings. The molecule has 0 bridgehead atoms. The molecule has 3 nitrogen and oxygen atoms in total. The first-order chi connectivity index (χ1) is 9.61. The third-order valence-corrected chi connectivity index (χ3v) is 3.52. The number of hydrogen-bond acceptors (Lipinski definition) is 3. The van der Waals surface area contributed by atoms with Crippen LogP contribution < -0.4 is 10.6 Å². The average molecular weight is 338 g/mol. The summed E-state index contributed by atoms with van der Waals surface area (Å²) in [7, 11) is 0. The molecule has 1 aromatic carbocycles. The van der Waals surface area contributed by atoms with Crippen LogP contribution in [0.15, 0.2) is 41.0 Å².